The van der Waals surface area contributed by atoms with Crippen LogP contribution >= 0.6 is 11.6 Å². The van der Waals surface area contributed by atoms with Gasteiger partial charge in [0, 0.05) is 37.4 Å². The Morgan fingerprint density at radius 1 is 1.21 bits per heavy atom. The molecule has 1 aliphatic heterocycles. The van der Waals surface area contributed by atoms with Crippen LogP contribution in [0.2, 0.25) is 5.02 Å². The van der Waals surface area contributed by atoms with Crippen LogP contribution in [0.1, 0.15) is 24.8 Å². The SMILES string of the molecule is COCCCC[C@@](O)(c1cccc(Cl)c1-c1cccc(OC)c1)[C@H]1CNCCO1. The molecule has 158 valence electrons. The number of morpholine rings is 1. The largest absolute Gasteiger partial charge is 0.497 e. The second-order valence-electron chi connectivity index (χ2n) is 7.33. The molecule has 0 aromatic heterocycles. The molecule has 0 aliphatic carbocycles. The van der Waals surface area contributed by atoms with Gasteiger partial charge in [-0.05, 0) is 48.6 Å². The van der Waals surface area contributed by atoms with Gasteiger partial charge in [0.25, 0.3) is 0 Å². The molecule has 5 nitrogen and oxygen atoms in total. The van der Waals surface area contributed by atoms with Crippen LogP contribution in [0.5, 0.6) is 5.75 Å². The van der Waals surface area contributed by atoms with Crippen molar-refractivity contribution in [3.05, 3.63) is 53.1 Å². The predicted molar refractivity (Wildman–Crippen MR) is 116 cm³/mol. The Kier molecular flexibility index (Phi) is 7.92. The Balaban J connectivity index is 2.05. The van der Waals surface area contributed by atoms with E-state index >= 15 is 0 Å². The van der Waals surface area contributed by atoms with E-state index < -0.39 is 5.60 Å². The fraction of sp³-hybridized carbons (Fsp3) is 0.478. The van der Waals surface area contributed by atoms with Crippen LogP contribution in [0.25, 0.3) is 11.1 Å². The van der Waals surface area contributed by atoms with E-state index in [1.54, 1.807) is 14.2 Å². The van der Waals surface area contributed by atoms with Crippen molar-refractivity contribution in [2.45, 2.75) is 31.0 Å². The molecule has 2 atom stereocenters. The van der Waals surface area contributed by atoms with Crippen molar-refractivity contribution in [2.75, 3.05) is 40.5 Å². The minimum absolute atomic E-state index is 0.360. The first-order valence-electron chi connectivity index (χ1n) is 10.1. The zero-order valence-electron chi connectivity index (χ0n) is 17.1. The molecular formula is C23H30ClNO4. The number of hydrogen-bond acceptors (Lipinski definition) is 5. The van der Waals surface area contributed by atoms with E-state index in [0.29, 0.717) is 31.2 Å². The summed E-state index contributed by atoms with van der Waals surface area (Å²) in [5, 5.41) is 15.9. The summed E-state index contributed by atoms with van der Waals surface area (Å²) in [6, 6.07) is 13.4. The minimum atomic E-state index is -1.18. The Morgan fingerprint density at radius 3 is 2.76 bits per heavy atom. The Hall–Kier alpha value is -1.63. The second kappa shape index (κ2) is 10.4. The average Bonchev–Trinajstić information content (AvgIpc) is 2.77. The molecule has 1 saturated heterocycles. The van der Waals surface area contributed by atoms with E-state index in [9.17, 15) is 5.11 Å². The predicted octanol–water partition coefficient (Wildman–Crippen LogP) is 4.01. The summed E-state index contributed by atoms with van der Waals surface area (Å²) >= 11 is 6.66. The number of unbranched alkanes of at least 4 members (excludes halogenated alkanes) is 1. The van der Waals surface area contributed by atoms with Crippen molar-refractivity contribution in [3.63, 3.8) is 0 Å². The van der Waals surface area contributed by atoms with E-state index in [0.717, 1.165) is 41.8 Å². The van der Waals surface area contributed by atoms with E-state index in [1.165, 1.54) is 0 Å². The number of ether oxygens (including phenoxy) is 3. The number of hydrogen-bond donors (Lipinski definition) is 2. The van der Waals surface area contributed by atoms with Gasteiger partial charge in [0.2, 0.25) is 0 Å². The average molecular weight is 420 g/mol. The maximum Gasteiger partial charge on any atom is 0.119 e. The van der Waals surface area contributed by atoms with Crippen LogP contribution in [-0.4, -0.2) is 51.7 Å². The van der Waals surface area contributed by atoms with Crippen molar-refractivity contribution in [1.29, 1.82) is 0 Å². The van der Waals surface area contributed by atoms with Crippen molar-refractivity contribution in [1.82, 2.24) is 5.32 Å². The Labute approximate surface area is 177 Å². The van der Waals surface area contributed by atoms with E-state index in [2.05, 4.69) is 5.32 Å². The van der Waals surface area contributed by atoms with Crippen molar-refractivity contribution < 1.29 is 19.3 Å². The Bertz CT molecular complexity index is 794. The number of nitrogens with one attached hydrogen (secondary N) is 1. The third-order valence-electron chi connectivity index (χ3n) is 5.46. The van der Waals surface area contributed by atoms with E-state index in [4.69, 9.17) is 25.8 Å². The summed E-state index contributed by atoms with van der Waals surface area (Å²) in [5.41, 5.74) is 1.33. The topological polar surface area (TPSA) is 60.0 Å². The van der Waals surface area contributed by atoms with Crippen LogP contribution in [0.3, 0.4) is 0 Å². The molecular weight excluding hydrogens is 390 g/mol. The molecule has 0 bridgehead atoms. The van der Waals surface area contributed by atoms with Gasteiger partial charge in [0.1, 0.15) is 17.5 Å². The maximum atomic E-state index is 12.0. The lowest BCUT2D eigenvalue weighted by Crippen LogP contribution is -2.51. The summed E-state index contributed by atoms with van der Waals surface area (Å²) < 4.78 is 16.6. The molecule has 1 aliphatic rings. The Morgan fingerprint density at radius 2 is 2.03 bits per heavy atom. The molecule has 0 saturated carbocycles. The van der Waals surface area contributed by atoms with Crippen LogP contribution < -0.4 is 10.1 Å². The highest BCUT2D eigenvalue weighted by Crippen LogP contribution is 2.42. The zero-order chi connectivity index (χ0) is 20.7. The van der Waals surface area contributed by atoms with E-state index in [1.807, 2.05) is 42.5 Å². The van der Waals surface area contributed by atoms with Crippen LogP contribution in [0, 0.1) is 0 Å². The lowest BCUT2D eigenvalue weighted by molar-refractivity contribution is -0.129. The normalized spacial score (nSPS) is 19.0. The van der Waals surface area contributed by atoms with Gasteiger partial charge in [-0.2, -0.15) is 0 Å². The van der Waals surface area contributed by atoms with Gasteiger partial charge in [-0.3, -0.25) is 0 Å². The first kappa shape index (κ1) is 22.1. The number of benzene rings is 2. The third kappa shape index (κ3) is 5.11. The van der Waals surface area contributed by atoms with Crippen molar-refractivity contribution >= 4 is 11.6 Å². The van der Waals surface area contributed by atoms with Crippen LogP contribution in [-0.2, 0) is 15.1 Å². The standard InChI is InChI=1S/C23H30ClNO4/c1-27-13-4-3-11-23(26,21-16-25-12-14-29-21)19-9-6-10-20(24)22(19)17-7-5-8-18(15-17)28-2/h5-10,15,21,25-26H,3-4,11-14,16H2,1-2H3/t21-,23-/m1/s1. The zero-order valence-corrected chi connectivity index (χ0v) is 17.9. The fourth-order valence-corrected chi connectivity index (χ4v) is 4.22. The first-order valence-corrected chi connectivity index (χ1v) is 10.4. The van der Waals surface area contributed by atoms with E-state index in [-0.39, 0.29) is 6.10 Å². The molecule has 0 amide bonds. The quantitative estimate of drug-likeness (QED) is 0.601. The van der Waals surface area contributed by atoms with Gasteiger partial charge in [-0.1, -0.05) is 35.9 Å². The molecule has 29 heavy (non-hydrogen) atoms. The monoisotopic (exact) mass is 419 g/mol. The highest BCUT2D eigenvalue weighted by molar-refractivity contribution is 6.33. The van der Waals surface area contributed by atoms with Crippen molar-refractivity contribution in [3.8, 4) is 16.9 Å². The summed E-state index contributed by atoms with van der Waals surface area (Å²) in [5.74, 6) is 0.743. The first-order chi connectivity index (χ1) is 14.1. The number of rotatable bonds is 9. The molecule has 2 N–H and O–H groups in total. The number of halogens is 1. The molecule has 2 aromatic carbocycles. The maximum absolute atomic E-state index is 12.0. The van der Waals surface area contributed by atoms with Gasteiger partial charge < -0.3 is 24.6 Å². The summed E-state index contributed by atoms with van der Waals surface area (Å²) in [6.45, 7) is 2.61. The highest BCUT2D eigenvalue weighted by atomic mass is 35.5. The van der Waals surface area contributed by atoms with Crippen LogP contribution in [0.15, 0.2) is 42.5 Å². The smallest absolute Gasteiger partial charge is 0.119 e. The highest BCUT2D eigenvalue weighted by Gasteiger charge is 2.41. The summed E-state index contributed by atoms with van der Waals surface area (Å²) in [7, 11) is 3.33. The molecule has 0 radical (unpaired) electrons. The molecule has 0 spiro atoms. The van der Waals surface area contributed by atoms with Gasteiger partial charge in [0.15, 0.2) is 0 Å². The molecule has 0 unspecified atom stereocenters. The van der Waals surface area contributed by atoms with Gasteiger partial charge in [0.05, 0.1) is 13.7 Å². The third-order valence-corrected chi connectivity index (χ3v) is 5.77. The molecule has 1 heterocycles. The van der Waals surface area contributed by atoms with Gasteiger partial charge >= 0.3 is 0 Å². The molecule has 3 rings (SSSR count). The molecule has 6 heteroatoms. The van der Waals surface area contributed by atoms with Crippen molar-refractivity contribution in [2.24, 2.45) is 0 Å². The van der Waals surface area contributed by atoms with Crippen LogP contribution in [0.4, 0.5) is 0 Å². The second-order valence-corrected chi connectivity index (χ2v) is 7.74. The summed E-state index contributed by atoms with van der Waals surface area (Å²) in [6.07, 6.45) is 1.88. The number of methoxy groups -OCH3 is 2. The van der Waals surface area contributed by atoms with Gasteiger partial charge in [-0.15, -0.1) is 0 Å². The molecule has 1 fully saturated rings. The summed E-state index contributed by atoms with van der Waals surface area (Å²) in [4.78, 5) is 0. The lowest BCUT2D eigenvalue weighted by Gasteiger charge is -2.40. The lowest BCUT2D eigenvalue weighted by atomic mass is 9.79. The number of aliphatic hydroxyl groups is 1. The fourth-order valence-electron chi connectivity index (χ4n) is 3.94. The molecule has 2 aromatic rings. The minimum Gasteiger partial charge on any atom is -0.497 e. The van der Waals surface area contributed by atoms with Gasteiger partial charge in [-0.25, -0.2) is 0 Å².